The van der Waals surface area contributed by atoms with Crippen LogP contribution in [0.2, 0.25) is 0 Å². The van der Waals surface area contributed by atoms with E-state index in [1.54, 1.807) is 12.5 Å². The average Bonchev–Trinajstić information content (AvgIpc) is 3.27. The Morgan fingerprint density at radius 1 is 1.12 bits per heavy atom. The Bertz CT molecular complexity index is 1380. The van der Waals surface area contributed by atoms with Crippen LogP contribution in [0.25, 0.3) is 5.52 Å². The lowest BCUT2D eigenvalue weighted by Crippen LogP contribution is -2.16. The van der Waals surface area contributed by atoms with Crippen LogP contribution in [-0.2, 0) is 7.05 Å². The molecule has 0 saturated heterocycles. The van der Waals surface area contributed by atoms with Crippen LogP contribution in [0.5, 0.6) is 11.5 Å². The highest BCUT2D eigenvalue weighted by molar-refractivity contribution is 5.77. The van der Waals surface area contributed by atoms with E-state index in [0.29, 0.717) is 5.92 Å². The van der Waals surface area contributed by atoms with E-state index >= 15 is 0 Å². The molecule has 0 unspecified atom stereocenters. The fourth-order valence-electron chi connectivity index (χ4n) is 4.11. The van der Waals surface area contributed by atoms with Crippen LogP contribution in [0.15, 0.2) is 72.4 Å². The number of pyridine rings is 1. The number of nitrogens with one attached hydrogen (secondary N) is 1. The summed E-state index contributed by atoms with van der Waals surface area (Å²) in [6, 6.07) is 12.1. The number of ether oxygens (including phenoxy) is 1. The molecule has 0 spiro atoms. The van der Waals surface area contributed by atoms with E-state index in [1.807, 2.05) is 72.7 Å². The minimum Gasteiger partial charge on any atom is -0.457 e. The lowest BCUT2D eigenvalue weighted by molar-refractivity contribution is 0.475. The molecule has 3 heterocycles. The van der Waals surface area contributed by atoms with Gasteiger partial charge in [0.15, 0.2) is 5.82 Å². The Kier molecular flexibility index (Phi) is 7.11. The highest BCUT2D eigenvalue weighted by Gasteiger charge is 2.16. The zero-order valence-electron chi connectivity index (χ0n) is 20.5. The molecule has 4 aromatic rings. The average molecular weight is 457 g/mol. The van der Waals surface area contributed by atoms with E-state index in [-0.39, 0.29) is 0 Å². The third kappa shape index (κ3) is 4.88. The van der Waals surface area contributed by atoms with Gasteiger partial charge in [-0.25, -0.2) is 14.5 Å². The van der Waals surface area contributed by atoms with Gasteiger partial charge >= 0.3 is 0 Å². The van der Waals surface area contributed by atoms with Crippen LogP contribution >= 0.6 is 0 Å². The maximum Gasteiger partial charge on any atom is 0.158 e. The number of rotatable bonds is 8. The SMILES string of the molecule is C/C=C\N=c1cc(Oc2ccc(Nc3ncnn4ccc(C(CC)CC)c34)cc2C)ccn1C. The van der Waals surface area contributed by atoms with Gasteiger partial charge in [0.05, 0.1) is 0 Å². The summed E-state index contributed by atoms with van der Waals surface area (Å²) in [5, 5.41) is 7.89. The fraction of sp³-hybridized carbons (Fsp3) is 0.296. The third-order valence-corrected chi connectivity index (χ3v) is 6.03. The molecule has 4 rings (SSSR count). The normalized spacial score (nSPS) is 12.2. The van der Waals surface area contributed by atoms with Crippen molar-refractivity contribution in [3.05, 3.63) is 84.0 Å². The van der Waals surface area contributed by atoms with Gasteiger partial charge in [0.1, 0.15) is 28.8 Å². The van der Waals surface area contributed by atoms with Crippen molar-refractivity contribution in [1.82, 2.24) is 19.2 Å². The predicted octanol–water partition coefficient (Wildman–Crippen LogP) is 6.25. The summed E-state index contributed by atoms with van der Waals surface area (Å²) in [5.74, 6) is 2.82. The van der Waals surface area contributed by atoms with E-state index in [0.717, 1.165) is 52.4 Å². The van der Waals surface area contributed by atoms with Crippen LogP contribution < -0.4 is 15.5 Å². The van der Waals surface area contributed by atoms with E-state index in [2.05, 4.69) is 46.4 Å². The quantitative estimate of drug-likeness (QED) is 0.340. The second-order valence-corrected chi connectivity index (χ2v) is 8.34. The van der Waals surface area contributed by atoms with Crippen molar-refractivity contribution in [3.63, 3.8) is 0 Å². The molecule has 0 amide bonds. The Morgan fingerprint density at radius 2 is 1.94 bits per heavy atom. The molecule has 1 aromatic carbocycles. The first-order valence-corrected chi connectivity index (χ1v) is 11.7. The molecule has 7 heteroatoms. The lowest BCUT2D eigenvalue weighted by atomic mass is 9.95. The van der Waals surface area contributed by atoms with Crippen molar-refractivity contribution in [3.8, 4) is 11.5 Å². The number of nitrogens with zero attached hydrogens (tertiary/aromatic N) is 5. The van der Waals surface area contributed by atoms with Crippen molar-refractivity contribution >= 4 is 17.0 Å². The summed E-state index contributed by atoms with van der Waals surface area (Å²) < 4.78 is 10.0. The molecule has 0 aliphatic carbocycles. The van der Waals surface area contributed by atoms with E-state index in [9.17, 15) is 0 Å². The van der Waals surface area contributed by atoms with Crippen molar-refractivity contribution < 1.29 is 4.74 Å². The largest absolute Gasteiger partial charge is 0.457 e. The zero-order valence-corrected chi connectivity index (χ0v) is 20.5. The highest BCUT2D eigenvalue weighted by Crippen LogP contribution is 2.33. The van der Waals surface area contributed by atoms with Crippen LogP contribution in [0, 0.1) is 6.92 Å². The number of aryl methyl sites for hydroxylation is 2. The van der Waals surface area contributed by atoms with Gasteiger partial charge in [0.25, 0.3) is 0 Å². The molecule has 176 valence electrons. The predicted molar refractivity (Wildman–Crippen MR) is 137 cm³/mol. The topological polar surface area (TPSA) is 68.7 Å². The Morgan fingerprint density at radius 3 is 2.68 bits per heavy atom. The van der Waals surface area contributed by atoms with Gasteiger partial charge < -0.3 is 14.6 Å². The highest BCUT2D eigenvalue weighted by atomic mass is 16.5. The summed E-state index contributed by atoms with van der Waals surface area (Å²) in [5.41, 5.74) is 5.10. The van der Waals surface area contributed by atoms with Gasteiger partial charge in [0.2, 0.25) is 0 Å². The van der Waals surface area contributed by atoms with E-state index in [4.69, 9.17) is 4.74 Å². The Hall–Kier alpha value is -3.87. The molecule has 0 aliphatic rings. The zero-order chi connectivity index (χ0) is 24.1. The number of fused-ring (bicyclic) bond motifs is 1. The Labute approximate surface area is 200 Å². The number of aromatic nitrogens is 4. The van der Waals surface area contributed by atoms with Crippen molar-refractivity contribution in [2.45, 2.75) is 46.5 Å². The van der Waals surface area contributed by atoms with Crippen LogP contribution in [-0.4, -0.2) is 19.2 Å². The van der Waals surface area contributed by atoms with Crippen LogP contribution in [0.3, 0.4) is 0 Å². The number of hydrogen-bond acceptors (Lipinski definition) is 5. The molecular weight excluding hydrogens is 424 g/mol. The second kappa shape index (κ2) is 10.4. The molecule has 0 aliphatic heterocycles. The van der Waals surface area contributed by atoms with Gasteiger partial charge in [-0.3, -0.25) is 0 Å². The fourth-order valence-corrected chi connectivity index (χ4v) is 4.11. The maximum atomic E-state index is 6.17. The number of allylic oxidation sites excluding steroid dienone is 1. The molecule has 0 atom stereocenters. The first-order chi connectivity index (χ1) is 16.5. The molecular formula is C27H32N6O. The van der Waals surface area contributed by atoms with E-state index < -0.39 is 0 Å². The van der Waals surface area contributed by atoms with Crippen LogP contribution in [0.4, 0.5) is 11.5 Å². The summed E-state index contributed by atoms with van der Waals surface area (Å²) >= 11 is 0. The molecule has 3 aromatic heterocycles. The molecule has 0 fully saturated rings. The summed E-state index contributed by atoms with van der Waals surface area (Å²) in [6.07, 6.45) is 11.4. The molecule has 34 heavy (non-hydrogen) atoms. The summed E-state index contributed by atoms with van der Waals surface area (Å²) in [4.78, 5) is 9.00. The number of benzene rings is 1. The van der Waals surface area contributed by atoms with Gasteiger partial charge in [0, 0.05) is 37.4 Å². The minimum absolute atomic E-state index is 0.478. The van der Waals surface area contributed by atoms with Gasteiger partial charge in [-0.05, 0) is 74.1 Å². The molecule has 0 bridgehead atoms. The monoisotopic (exact) mass is 456 g/mol. The summed E-state index contributed by atoms with van der Waals surface area (Å²) in [6.45, 7) is 8.43. The molecule has 0 radical (unpaired) electrons. The van der Waals surface area contributed by atoms with Gasteiger partial charge in [-0.1, -0.05) is 19.9 Å². The first kappa shape index (κ1) is 23.3. The lowest BCUT2D eigenvalue weighted by Gasteiger charge is -2.15. The van der Waals surface area contributed by atoms with Crippen molar-refractivity contribution in [2.75, 3.05) is 5.32 Å². The second-order valence-electron chi connectivity index (χ2n) is 8.34. The van der Waals surface area contributed by atoms with Gasteiger partial charge in [-0.2, -0.15) is 5.10 Å². The van der Waals surface area contributed by atoms with E-state index in [1.165, 1.54) is 5.56 Å². The van der Waals surface area contributed by atoms with Crippen molar-refractivity contribution in [2.24, 2.45) is 12.0 Å². The summed E-state index contributed by atoms with van der Waals surface area (Å²) in [7, 11) is 1.96. The smallest absolute Gasteiger partial charge is 0.158 e. The number of anilines is 2. The molecule has 7 nitrogen and oxygen atoms in total. The maximum absolute atomic E-state index is 6.17. The first-order valence-electron chi connectivity index (χ1n) is 11.7. The Balaban J connectivity index is 1.61. The standard InChI is InChI=1S/C27H32N6O/c1-6-13-28-25-17-22(11-14-32(25)5)34-24-10-9-21(16-19(24)4)31-27-26-23(20(7-2)8-3)12-15-33(26)30-18-29-27/h6,9-18,20H,7-8H2,1-5H3,(H,29,30,31)/b13-6-,28-25?. The molecule has 0 saturated carbocycles. The third-order valence-electron chi connectivity index (χ3n) is 6.03. The molecule has 1 N–H and O–H groups in total. The van der Waals surface area contributed by atoms with Gasteiger partial charge in [-0.15, -0.1) is 0 Å². The van der Waals surface area contributed by atoms with Crippen LogP contribution in [0.1, 0.15) is 50.7 Å². The van der Waals surface area contributed by atoms with Crippen molar-refractivity contribution in [1.29, 1.82) is 0 Å². The number of hydrogen-bond donors (Lipinski definition) is 1. The minimum atomic E-state index is 0.478.